The van der Waals surface area contributed by atoms with Crippen LogP contribution in [0.25, 0.3) is 0 Å². The van der Waals surface area contributed by atoms with Crippen LogP contribution in [-0.4, -0.2) is 31.4 Å². The Morgan fingerprint density at radius 1 is 0.962 bits per heavy atom. The van der Waals surface area contributed by atoms with Gasteiger partial charge in [-0.3, -0.25) is 9.69 Å². The first kappa shape index (κ1) is 17.1. The van der Waals surface area contributed by atoms with Crippen molar-refractivity contribution < 1.29 is 14.3 Å². The highest BCUT2D eigenvalue weighted by molar-refractivity contribution is 5.81. The molecule has 1 fully saturated rings. The van der Waals surface area contributed by atoms with E-state index in [1.807, 2.05) is 6.07 Å². The molecule has 136 valence electrons. The number of piperidine rings is 1. The fourth-order valence-corrected chi connectivity index (χ4v) is 4.47. The van der Waals surface area contributed by atoms with Crippen LogP contribution in [0.15, 0.2) is 42.5 Å². The molecule has 0 aromatic heterocycles. The first-order valence-corrected chi connectivity index (χ1v) is 9.28. The number of aryl methyl sites for hydroxylation is 1. The van der Waals surface area contributed by atoms with E-state index in [1.165, 1.54) is 16.7 Å². The third-order valence-electron chi connectivity index (χ3n) is 5.69. The Bertz CT molecular complexity index is 803. The molecule has 0 N–H and O–H groups in total. The molecule has 0 saturated carbocycles. The maximum absolute atomic E-state index is 12.6. The summed E-state index contributed by atoms with van der Waals surface area (Å²) in [5.41, 5.74) is 3.72. The molecule has 4 rings (SSSR count). The predicted octanol–water partition coefficient (Wildman–Crippen LogP) is 4.10. The molecule has 2 aromatic carbocycles. The molecule has 0 aliphatic carbocycles. The minimum absolute atomic E-state index is 0.110. The van der Waals surface area contributed by atoms with Gasteiger partial charge in [0.25, 0.3) is 0 Å². The average Bonchev–Trinajstić information content (AvgIpc) is 2.85. The molecule has 2 atom stereocenters. The lowest BCUT2D eigenvalue weighted by Crippen LogP contribution is -2.39. The molecule has 4 heteroatoms. The summed E-state index contributed by atoms with van der Waals surface area (Å²) in [4.78, 5) is 15.1. The molecule has 2 aliphatic rings. The van der Waals surface area contributed by atoms with E-state index >= 15 is 0 Å². The Hall–Kier alpha value is -2.33. The fraction of sp³-hybridized carbons (Fsp3) is 0.409. The van der Waals surface area contributed by atoms with E-state index < -0.39 is 0 Å². The number of Topliss-reactive ketones (excluding diaryl/α,β-unsaturated/α-hetero) is 1. The quantitative estimate of drug-likeness (QED) is 0.835. The number of hydrogen-bond donors (Lipinski definition) is 0. The van der Waals surface area contributed by atoms with Gasteiger partial charge in [0.05, 0.1) is 14.2 Å². The Morgan fingerprint density at radius 3 is 2.38 bits per heavy atom. The standard InChI is InChI=1S/C22H25NO3/c1-25-21-11-16-9-6-10-23-19(15-7-4-3-5-8-15)12-17(24)13-20(23)18(16)14-22(21)26-2/h3-5,7-8,11,14,19-20H,6,9-10,12-13H2,1-2H3/t19-,20-/m0/s1. The van der Waals surface area contributed by atoms with Crippen molar-refractivity contribution in [3.8, 4) is 11.5 Å². The summed E-state index contributed by atoms with van der Waals surface area (Å²) >= 11 is 0. The number of ketones is 1. The van der Waals surface area contributed by atoms with Gasteiger partial charge >= 0.3 is 0 Å². The number of benzene rings is 2. The second-order valence-corrected chi connectivity index (χ2v) is 7.14. The summed E-state index contributed by atoms with van der Waals surface area (Å²) in [5.74, 6) is 1.84. The number of nitrogens with zero attached hydrogens (tertiary/aromatic N) is 1. The molecule has 1 saturated heterocycles. The molecule has 0 radical (unpaired) electrons. The zero-order valence-corrected chi connectivity index (χ0v) is 15.4. The molecule has 0 unspecified atom stereocenters. The monoisotopic (exact) mass is 351 g/mol. The zero-order chi connectivity index (χ0) is 18.1. The summed E-state index contributed by atoms with van der Waals surface area (Å²) in [6, 6.07) is 14.9. The number of fused-ring (bicyclic) bond motifs is 3. The Kier molecular flexibility index (Phi) is 4.68. The summed E-state index contributed by atoms with van der Waals surface area (Å²) in [6.45, 7) is 0.997. The van der Waals surface area contributed by atoms with Gasteiger partial charge in [-0.2, -0.15) is 0 Å². The minimum Gasteiger partial charge on any atom is -0.493 e. The smallest absolute Gasteiger partial charge is 0.161 e. The van der Waals surface area contributed by atoms with E-state index in [1.54, 1.807) is 14.2 Å². The molecule has 2 aromatic rings. The van der Waals surface area contributed by atoms with Crippen LogP contribution in [0.4, 0.5) is 0 Å². The van der Waals surface area contributed by atoms with E-state index in [-0.39, 0.29) is 12.1 Å². The van der Waals surface area contributed by atoms with Gasteiger partial charge in [-0.25, -0.2) is 0 Å². The van der Waals surface area contributed by atoms with Crippen molar-refractivity contribution in [2.45, 2.75) is 37.8 Å². The van der Waals surface area contributed by atoms with Crippen molar-refractivity contribution in [2.75, 3.05) is 20.8 Å². The van der Waals surface area contributed by atoms with Crippen molar-refractivity contribution >= 4 is 5.78 Å². The fourth-order valence-electron chi connectivity index (χ4n) is 4.47. The second kappa shape index (κ2) is 7.12. The van der Waals surface area contributed by atoms with E-state index in [9.17, 15) is 4.79 Å². The first-order chi connectivity index (χ1) is 12.7. The SMILES string of the molecule is COc1cc2c(cc1OC)[C@@H]1CC(=O)C[C@@H](c3ccccc3)N1CCC2. The molecular weight excluding hydrogens is 326 g/mol. The number of hydrogen-bond acceptors (Lipinski definition) is 4. The van der Waals surface area contributed by atoms with Crippen LogP contribution in [0.3, 0.4) is 0 Å². The molecule has 0 spiro atoms. The Morgan fingerprint density at radius 2 is 1.65 bits per heavy atom. The number of carbonyl (C=O) groups is 1. The maximum atomic E-state index is 12.6. The second-order valence-electron chi connectivity index (χ2n) is 7.14. The Balaban J connectivity index is 1.79. The topological polar surface area (TPSA) is 38.8 Å². The third-order valence-corrected chi connectivity index (χ3v) is 5.69. The van der Waals surface area contributed by atoms with Gasteiger partial charge in [0, 0.05) is 24.9 Å². The Labute approximate surface area is 154 Å². The predicted molar refractivity (Wildman–Crippen MR) is 101 cm³/mol. The zero-order valence-electron chi connectivity index (χ0n) is 15.4. The number of methoxy groups -OCH3 is 2. The van der Waals surface area contributed by atoms with Gasteiger partial charge in [-0.05, 0) is 48.2 Å². The highest BCUT2D eigenvalue weighted by atomic mass is 16.5. The van der Waals surface area contributed by atoms with Crippen molar-refractivity contribution in [1.29, 1.82) is 0 Å². The van der Waals surface area contributed by atoms with E-state index in [4.69, 9.17) is 9.47 Å². The van der Waals surface area contributed by atoms with E-state index in [0.29, 0.717) is 18.6 Å². The summed E-state index contributed by atoms with van der Waals surface area (Å²) in [5, 5.41) is 0. The summed E-state index contributed by atoms with van der Waals surface area (Å²) in [7, 11) is 3.33. The van der Waals surface area contributed by atoms with Gasteiger partial charge in [0.15, 0.2) is 11.5 Å². The number of carbonyl (C=O) groups excluding carboxylic acids is 1. The summed E-state index contributed by atoms with van der Waals surface area (Å²) < 4.78 is 11.0. The molecule has 2 heterocycles. The van der Waals surface area contributed by atoms with Gasteiger partial charge < -0.3 is 9.47 Å². The van der Waals surface area contributed by atoms with E-state index in [0.717, 1.165) is 30.9 Å². The lowest BCUT2D eigenvalue weighted by atomic mass is 9.86. The number of rotatable bonds is 3. The maximum Gasteiger partial charge on any atom is 0.161 e. The van der Waals surface area contributed by atoms with Gasteiger partial charge in [-0.1, -0.05) is 30.3 Å². The molecular formula is C22H25NO3. The molecule has 0 bridgehead atoms. The minimum atomic E-state index is 0.110. The van der Waals surface area contributed by atoms with E-state index in [2.05, 4.69) is 41.3 Å². The van der Waals surface area contributed by atoms with Crippen LogP contribution >= 0.6 is 0 Å². The first-order valence-electron chi connectivity index (χ1n) is 9.28. The van der Waals surface area contributed by atoms with Crippen LogP contribution in [0.1, 0.15) is 48.0 Å². The van der Waals surface area contributed by atoms with Crippen molar-refractivity contribution in [1.82, 2.24) is 4.90 Å². The highest BCUT2D eigenvalue weighted by Crippen LogP contribution is 2.45. The average molecular weight is 351 g/mol. The normalized spacial score (nSPS) is 22.9. The molecule has 2 aliphatic heterocycles. The van der Waals surface area contributed by atoms with Gasteiger partial charge in [0.1, 0.15) is 5.78 Å². The largest absolute Gasteiger partial charge is 0.493 e. The van der Waals surface area contributed by atoms with Crippen LogP contribution in [0.5, 0.6) is 11.5 Å². The van der Waals surface area contributed by atoms with Crippen LogP contribution in [0.2, 0.25) is 0 Å². The van der Waals surface area contributed by atoms with Gasteiger partial charge in [-0.15, -0.1) is 0 Å². The van der Waals surface area contributed by atoms with Crippen molar-refractivity contribution in [3.05, 3.63) is 59.2 Å². The van der Waals surface area contributed by atoms with Gasteiger partial charge in [0.2, 0.25) is 0 Å². The van der Waals surface area contributed by atoms with Crippen molar-refractivity contribution in [2.24, 2.45) is 0 Å². The van der Waals surface area contributed by atoms with Crippen molar-refractivity contribution in [3.63, 3.8) is 0 Å². The third kappa shape index (κ3) is 2.99. The van der Waals surface area contributed by atoms with Crippen LogP contribution in [0, 0.1) is 0 Å². The highest BCUT2D eigenvalue weighted by Gasteiger charge is 2.38. The lowest BCUT2D eigenvalue weighted by Gasteiger charge is -2.41. The van der Waals surface area contributed by atoms with Crippen LogP contribution < -0.4 is 9.47 Å². The summed E-state index contributed by atoms with van der Waals surface area (Å²) in [6.07, 6.45) is 3.25. The molecule has 4 nitrogen and oxygen atoms in total. The molecule has 0 amide bonds. The van der Waals surface area contributed by atoms with Crippen LogP contribution in [-0.2, 0) is 11.2 Å². The lowest BCUT2D eigenvalue weighted by molar-refractivity contribution is -0.125. The molecule has 26 heavy (non-hydrogen) atoms. The number of ether oxygens (including phenoxy) is 2.